The summed E-state index contributed by atoms with van der Waals surface area (Å²) in [5, 5.41) is 0. The first-order chi connectivity index (χ1) is 7.33. The van der Waals surface area contributed by atoms with Gasteiger partial charge in [0.05, 0.1) is 18.6 Å². The Labute approximate surface area is 93.5 Å². The Morgan fingerprint density at radius 1 is 1.67 bits per heavy atom. The van der Waals surface area contributed by atoms with Gasteiger partial charge in [-0.3, -0.25) is 0 Å². The van der Waals surface area contributed by atoms with Crippen LogP contribution in [0.1, 0.15) is 12.7 Å². The SMILES string of the molecule is CCOC(=O)/C=C/CSCc1ccco1. The normalized spacial score (nSPS) is 10.7. The number of furan rings is 1. The van der Waals surface area contributed by atoms with Crippen molar-refractivity contribution in [3.05, 3.63) is 36.3 Å². The molecule has 82 valence electrons. The Bertz CT molecular complexity index is 304. The molecule has 0 amide bonds. The summed E-state index contributed by atoms with van der Waals surface area (Å²) in [5.74, 6) is 2.26. The van der Waals surface area contributed by atoms with Crippen molar-refractivity contribution in [1.82, 2.24) is 0 Å². The highest BCUT2D eigenvalue weighted by Crippen LogP contribution is 2.12. The average Bonchev–Trinajstić information content (AvgIpc) is 2.70. The molecular formula is C11H14O3S. The van der Waals surface area contributed by atoms with Gasteiger partial charge in [-0.05, 0) is 19.1 Å². The fourth-order valence-corrected chi connectivity index (χ4v) is 1.67. The molecule has 15 heavy (non-hydrogen) atoms. The van der Waals surface area contributed by atoms with Gasteiger partial charge in [0.2, 0.25) is 0 Å². The lowest BCUT2D eigenvalue weighted by Crippen LogP contribution is -1.98. The van der Waals surface area contributed by atoms with Crippen molar-refractivity contribution < 1.29 is 13.9 Å². The summed E-state index contributed by atoms with van der Waals surface area (Å²) >= 11 is 1.68. The van der Waals surface area contributed by atoms with Gasteiger partial charge in [-0.15, -0.1) is 11.8 Å². The number of hydrogen-bond donors (Lipinski definition) is 0. The second-order valence-electron chi connectivity index (χ2n) is 2.75. The molecule has 1 rings (SSSR count). The monoisotopic (exact) mass is 226 g/mol. The van der Waals surface area contributed by atoms with Crippen LogP contribution in [0.25, 0.3) is 0 Å². The van der Waals surface area contributed by atoms with E-state index in [0.29, 0.717) is 6.61 Å². The Hall–Kier alpha value is -1.16. The first-order valence-electron chi connectivity index (χ1n) is 4.76. The van der Waals surface area contributed by atoms with Gasteiger partial charge in [0.25, 0.3) is 0 Å². The molecule has 1 aromatic heterocycles. The highest BCUT2D eigenvalue weighted by Gasteiger charge is 1.95. The number of ether oxygens (including phenoxy) is 1. The first kappa shape index (κ1) is 11.9. The largest absolute Gasteiger partial charge is 0.468 e. The summed E-state index contributed by atoms with van der Waals surface area (Å²) in [7, 11) is 0. The van der Waals surface area contributed by atoms with Crippen LogP contribution < -0.4 is 0 Å². The van der Waals surface area contributed by atoms with E-state index < -0.39 is 0 Å². The van der Waals surface area contributed by atoms with E-state index in [9.17, 15) is 4.79 Å². The molecular weight excluding hydrogens is 212 g/mol. The van der Waals surface area contributed by atoms with Crippen LogP contribution in [0.4, 0.5) is 0 Å². The molecule has 1 aromatic rings. The van der Waals surface area contributed by atoms with Crippen molar-refractivity contribution >= 4 is 17.7 Å². The van der Waals surface area contributed by atoms with E-state index in [1.807, 2.05) is 12.1 Å². The van der Waals surface area contributed by atoms with Crippen molar-refractivity contribution in [3.63, 3.8) is 0 Å². The van der Waals surface area contributed by atoms with Crippen molar-refractivity contribution in [2.45, 2.75) is 12.7 Å². The number of esters is 1. The number of carbonyl (C=O) groups is 1. The molecule has 0 atom stereocenters. The van der Waals surface area contributed by atoms with Crippen LogP contribution in [-0.4, -0.2) is 18.3 Å². The van der Waals surface area contributed by atoms with Crippen LogP contribution in [0.3, 0.4) is 0 Å². The summed E-state index contributed by atoms with van der Waals surface area (Å²) in [4.78, 5) is 10.9. The van der Waals surface area contributed by atoms with Crippen LogP contribution >= 0.6 is 11.8 Å². The summed E-state index contributed by atoms with van der Waals surface area (Å²) in [5.41, 5.74) is 0. The Morgan fingerprint density at radius 2 is 2.53 bits per heavy atom. The molecule has 0 aliphatic rings. The van der Waals surface area contributed by atoms with Crippen molar-refractivity contribution in [2.24, 2.45) is 0 Å². The van der Waals surface area contributed by atoms with E-state index in [-0.39, 0.29) is 5.97 Å². The van der Waals surface area contributed by atoms with Crippen LogP contribution in [0.15, 0.2) is 35.0 Å². The third kappa shape index (κ3) is 5.32. The molecule has 0 aliphatic carbocycles. The standard InChI is InChI=1S/C11H14O3S/c1-2-13-11(12)6-4-8-15-9-10-5-3-7-14-10/h3-7H,2,8-9H2,1H3/b6-4+. The highest BCUT2D eigenvalue weighted by molar-refractivity contribution is 7.98. The lowest BCUT2D eigenvalue weighted by atomic mass is 10.5. The molecule has 0 saturated heterocycles. The smallest absolute Gasteiger partial charge is 0.330 e. The highest BCUT2D eigenvalue weighted by atomic mass is 32.2. The molecule has 0 aliphatic heterocycles. The molecule has 1 heterocycles. The zero-order valence-corrected chi connectivity index (χ0v) is 9.46. The minimum absolute atomic E-state index is 0.281. The van der Waals surface area contributed by atoms with Gasteiger partial charge < -0.3 is 9.15 Å². The van der Waals surface area contributed by atoms with Gasteiger partial charge in [-0.2, -0.15) is 0 Å². The molecule has 0 radical (unpaired) electrons. The second-order valence-corrected chi connectivity index (χ2v) is 3.78. The zero-order valence-electron chi connectivity index (χ0n) is 8.64. The fraction of sp³-hybridized carbons (Fsp3) is 0.364. The molecule has 0 saturated carbocycles. The Morgan fingerprint density at radius 3 is 3.20 bits per heavy atom. The Kier molecular flexibility index (Phi) is 5.70. The number of hydrogen-bond acceptors (Lipinski definition) is 4. The quantitative estimate of drug-likeness (QED) is 0.424. The van der Waals surface area contributed by atoms with Gasteiger partial charge in [-0.1, -0.05) is 6.08 Å². The Balaban J connectivity index is 2.08. The van der Waals surface area contributed by atoms with E-state index in [1.54, 1.807) is 31.0 Å². The predicted octanol–water partition coefficient (Wildman–Crippen LogP) is 2.63. The van der Waals surface area contributed by atoms with Gasteiger partial charge in [0.15, 0.2) is 0 Å². The molecule has 0 bridgehead atoms. The van der Waals surface area contributed by atoms with Crippen LogP contribution in [0.5, 0.6) is 0 Å². The maximum absolute atomic E-state index is 10.9. The maximum atomic E-state index is 10.9. The third-order valence-electron chi connectivity index (χ3n) is 1.58. The summed E-state index contributed by atoms with van der Waals surface area (Å²) in [6.07, 6.45) is 4.91. The number of thioether (sulfide) groups is 1. The van der Waals surface area contributed by atoms with Gasteiger partial charge in [0.1, 0.15) is 5.76 Å². The topological polar surface area (TPSA) is 39.4 Å². The maximum Gasteiger partial charge on any atom is 0.330 e. The van der Waals surface area contributed by atoms with E-state index in [1.165, 1.54) is 6.08 Å². The van der Waals surface area contributed by atoms with E-state index in [4.69, 9.17) is 9.15 Å². The summed E-state index contributed by atoms with van der Waals surface area (Å²) in [6.45, 7) is 2.21. The molecule has 0 unspecified atom stereocenters. The van der Waals surface area contributed by atoms with Gasteiger partial charge in [0, 0.05) is 11.8 Å². The van der Waals surface area contributed by atoms with Crippen molar-refractivity contribution in [3.8, 4) is 0 Å². The zero-order chi connectivity index (χ0) is 10.9. The average molecular weight is 226 g/mol. The van der Waals surface area contributed by atoms with Crippen molar-refractivity contribution in [1.29, 1.82) is 0 Å². The van der Waals surface area contributed by atoms with Crippen molar-refractivity contribution in [2.75, 3.05) is 12.4 Å². The van der Waals surface area contributed by atoms with Gasteiger partial charge in [-0.25, -0.2) is 4.79 Å². The van der Waals surface area contributed by atoms with Crippen LogP contribution in [0, 0.1) is 0 Å². The minimum atomic E-state index is -0.281. The molecule has 0 N–H and O–H groups in total. The lowest BCUT2D eigenvalue weighted by Gasteiger charge is -1.95. The predicted molar refractivity (Wildman–Crippen MR) is 60.6 cm³/mol. The molecule has 4 heteroatoms. The number of rotatable bonds is 6. The molecule has 0 fully saturated rings. The molecule has 0 spiro atoms. The van der Waals surface area contributed by atoms with E-state index in [0.717, 1.165) is 17.3 Å². The lowest BCUT2D eigenvalue weighted by molar-refractivity contribution is -0.137. The third-order valence-corrected chi connectivity index (χ3v) is 2.50. The summed E-state index contributed by atoms with van der Waals surface area (Å²) < 4.78 is 9.90. The fourth-order valence-electron chi connectivity index (χ4n) is 0.957. The second kappa shape index (κ2) is 7.17. The first-order valence-corrected chi connectivity index (χ1v) is 5.92. The number of carbonyl (C=O) groups excluding carboxylic acids is 1. The van der Waals surface area contributed by atoms with E-state index >= 15 is 0 Å². The van der Waals surface area contributed by atoms with E-state index in [2.05, 4.69) is 0 Å². The van der Waals surface area contributed by atoms with Crippen LogP contribution in [-0.2, 0) is 15.3 Å². The molecule has 3 nitrogen and oxygen atoms in total. The minimum Gasteiger partial charge on any atom is -0.468 e. The van der Waals surface area contributed by atoms with Gasteiger partial charge >= 0.3 is 5.97 Å². The van der Waals surface area contributed by atoms with Crippen LogP contribution in [0.2, 0.25) is 0 Å². The molecule has 0 aromatic carbocycles. The summed E-state index contributed by atoms with van der Waals surface area (Å²) in [6, 6.07) is 3.80.